The zero-order valence-corrected chi connectivity index (χ0v) is 22.1. The van der Waals surface area contributed by atoms with Gasteiger partial charge in [0.25, 0.3) is 5.91 Å². The predicted molar refractivity (Wildman–Crippen MR) is 143 cm³/mol. The van der Waals surface area contributed by atoms with E-state index in [1.165, 1.54) is 5.56 Å². The maximum atomic E-state index is 13.8. The number of hydrogen-bond donors (Lipinski definition) is 0. The Morgan fingerprint density at radius 2 is 1.57 bits per heavy atom. The minimum Gasteiger partial charge on any atom is -0.447 e. The first-order valence-corrected chi connectivity index (χ1v) is 13.4. The molecule has 2 aliphatic rings. The van der Waals surface area contributed by atoms with E-state index >= 15 is 0 Å². The molecule has 0 aliphatic carbocycles. The number of benzene rings is 2. The molecule has 2 amide bonds. The Kier molecular flexibility index (Phi) is 7.51. The zero-order valence-electron chi connectivity index (χ0n) is 21.3. The summed E-state index contributed by atoms with van der Waals surface area (Å²) in [5.74, 6) is 0.457. The van der Waals surface area contributed by atoms with Crippen LogP contribution in [0.15, 0.2) is 60.8 Å². The van der Waals surface area contributed by atoms with Gasteiger partial charge in [0.05, 0.1) is 29.2 Å². The van der Waals surface area contributed by atoms with Crippen molar-refractivity contribution in [3.05, 3.63) is 82.6 Å². The first kappa shape index (κ1) is 25.3. The second-order valence-corrected chi connectivity index (χ2v) is 10.6. The summed E-state index contributed by atoms with van der Waals surface area (Å²) in [5.41, 5.74) is 3.69. The van der Waals surface area contributed by atoms with Crippen LogP contribution in [0.1, 0.15) is 66.6 Å². The molecule has 3 heterocycles. The maximum absolute atomic E-state index is 13.8. The van der Waals surface area contributed by atoms with Gasteiger partial charge in [-0.25, -0.2) is 9.48 Å². The lowest BCUT2D eigenvalue weighted by atomic mass is 9.90. The van der Waals surface area contributed by atoms with Crippen LogP contribution in [0.4, 0.5) is 4.79 Å². The Morgan fingerprint density at radius 1 is 0.919 bits per heavy atom. The van der Waals surface area contributed by atoms with E-state index in [0.29, 0.717) is 36.1 Å². The first-order chi connectivity index (χ1) is 17.9. The van der Waals surface area contributed by atoms with Gasteiger partial charge in [-0.15, -0.1) is 0 Å². The van der Waals surface area contributed by atoms with Gasteiger partial charge in [0, 0.05) is 43.0 Å². The Bertz CT molecular complexity index is 1230. The van der Waals surface area contributed by atoms with E-state index in [9.17, 15) is 9.59 Å². The lowest BCUT2D eigenvalue weighted by Gasteiger charge is -2.32. The van der Waals surface area contributed by atoms with E-state index in [2.05, 4.69) is 29.4 Å². The van der Waals surface area contributed by atoms with Crippen molar-refractivity contribution in [1.82, 2.24) is 19.6 Å². The maximum Gasteiger partial charge on any atom is 0.410 e. The van der Waals surface area contributed by atoms with Crippen molar-refractivity contribution in [3.8, 4) is 5.69 Å². The Balaban J connectivity index is 1.40. The molecule has 2 fully saturated rings. The summed E-state index contributed by atoms with van der Waals surface area (Å²) < 4.78 is 7.27. The van der Waals surface area contributed by atoms with Crippen molar-refractivity contribution < 1.29 is 14.3 Å². The van der Waals surface area contributed by atoms with Gasteiger partial charge in [0.15, 0.2) is 0 Å². The van der Waals surface area contributed by atoms with E-state index in [-0.39, 0.29) is 24.0 Å². The van der Waals surface area contributed by atoms with Crippen LogP contribution in [0.5, 0.6) is 0 Å². The van der Waals surface area contributed by atoms with Gasteiger partial charge in [-0.05, 0) is 62.9 Å². The molecule has 2 saturated heterocycles. The summed E-state index contributed by atoms with van der Waals surface area (Å²) in [5, 5.41) is 5.32. The average molecular weight is 521 g/mol. The lowest BCUT2D eigenvalue weighted by Crippen LogP contribution is -2.40. The molecule has 2 aromatic carbocycles. The van der Waals surface area contributed by atoms with Crippen LogP contribution in [0.3, 0.4) is 0 Å². The van der Waals surface area contributed by atoms with Crippen molar-refractivity contribution >= 4 is 23.6 Å². The molecular formula is C29H33ClN4O3. The summed E-state index contributed by atoms with van der Waals surface area (Å²) in [6.45, 7) is 6.30. The average Bonchev–Trinajstić information content (AvgIpc) is 3.57. The van der Waals surface area contributed by atoms with E-state index in [4.69, 9.17) is 16.3 Å². The highest BCUT2D eigenvalue weighted by Crippen LogP contribution is 2.35. The molecule has 0 radical (unpaired) electrons. The number of piperidine rings is 1. The highest BCUT2D eigenvalue weighted by atomic mass is 35.5. The van der Waals surface area contributed by atoms with Gasteiger partial charge in [-0.2, -0.15) is 5.10 Å². The van der Waals surface area contributed by atoms with Crippen LogP contribution in [0.2, 0.25) is 5.02 Å². The zero-order chi connectivity index (χ0) is 25.9. The van der Waals surface area contributed by atoms with Crippen molar-refractivity contribution in [2.75, 3.05) is 26.2 Å². The Labute approximate surface area is 223 Å². The van der Waals surface area contributed by atoms with E-state index in [1.807, 2.05) is 53.8 Å². The summed E-state index contributed by atoms with van der Waals surface area (Å²) in [4.78, 5) is 30.0. The quantitative estimate of drug-likeness (QED) is 0.421. The van der Waals surface area contributed by atoms with Crippen LogP contribution in [0.25, 0.3) is 5.69 Å². The lowest BCUT2D eigenvalue weighted by molar-refractivity contribution is 0.0684. The van der Waals surface area contributed by atoms with Gasteiger partial charge in [-0.3, -0.25) is 4.79 Å². The second-order valence-electron chi connectivity index (χ2n) is 10.2. The Hall–Kier alpha value is -3.32. The fourth-order valence-electron chi connectivity index (χ4n) is 5.43. The molecular weight excluding hydrogens is 488 g/mol. The summed E-state index contributed by atoms with van der Waals surface area (Å²) in [6, 6.07) is 17.9. The van der Waals surface area contributed by atoms with Crippen molar-refractivity contribution in [1.29, 1.82) is 0 Å². The number of carbonyl (C=O) groups is 2. The topological polar surface area (TPSA) is 67.7 Å². The van der Waals surface area contributed by atoms with Gasteiger partial charge in [0.2, 0.25) is 0 Å². The number of carbonyl (C=O) groups excluding carboxylic acids is 2. The molecule has 0 spiro atoms. The van der Waals surface area contributed by atoms with E-state index in [1.54, 1.807) is 11.1 Å². The number of ether oxygens (including phenoxy) is 1. The van der Waals surface area contributed by atoms with Crippen LogP contribution in [0, 0.1) is 0 Å². The molecule has 3 aromatic rings. The van der Waals surface area contributed by atoms with E-state index in [0.717, 1.165) is 37.2 Å². The monoisotopic (exact) mass is 520 g/mol. The van der Waals surface area contributed by atoms with Crippen molar-refractivity contribution in [2.45, 2.75) is 51.0 Å². The SMILES string of the molecule is CC(C)OC(=O)N1CCC(c2c(C(=O)N3CC[C@H](c4ccccc4)C3)cnn2-c2ccc(Cl)cc2)CC1. The molecule has 0 saturated carbocycles. The number of likely N-dealkylation sites (tertiary alicyclic amines) is 2. The number of amides is 2. The third-order valence-electron chi connectivity index (χ3n) is 7.33. The van der Waals surface area contributed by atoms with E-state index < -0.39 is 0 Å². The summed E-state index contributed by atoms with van der Waals surface area (Å²) >= 11 is 6.14. The minimum absolute atomic E-state index is 0.0234. The highest BCUT2D eigenvalue weighted by molar-refractivity contribution is 6.30. The van der Waals surface area contributed by atoms with Crippen LogP contribution >= 0.6 is 11.6 Å². The molecule has 0 bridgehead atoms. The molecule has 7 nitrogen and oxygen atoms in total. The largest absolute Gasteiger partial charge is 0.447 e. The highest BCUT2D eigenvalue weighted by Gasteiger charge is 2.34. The third-order valence-corrected chi connectivity index (χ3v) is 7.58. The molecule has 2 aliphatic heterocycles. The number of nitrogens with zero attached hydrogens (tertiary/aromatic N) is 4. The van der Waals surface area contributed by atoms with Crippen LogP contribution in [-0.2, 0) is 4.74 Å². The molecule has 0 N–H and O–H groups in total. The minimum atomic E-state index is -0.278. The third kappa shape index (κ3) is 5.52. The number of hydrogen-bond acceptors (Lipinski definition) is 4. The van der Waals surface area contributed by atoms with Gasteiger partial charge < -0.3 is 14.5 Å². The standard InChI is InChI=1S/C29H33ClN4O3/c1-20(2)37-29(36)32-15-12-22(13-16-32)27-26(18-31-34(27)25-10-8-24(30)9-11-25)28(35)33-17-14-23(19-33)21-6-4-3-5-7-21/h3-11,18,20,22-23H,12-17,19H2,1-2H3/t23-/m0/s1. The molecule has 0 unspecified atom stereocenters. The van der Waals surface area contributed by atoms with Crippen LogP contribution in [-0.4, -0.2) is 63.9 Å². The summed E-state index contributed by atoms with van der Waals surface area (Å²) in [6.07, 6.45) is 3.70. The van der Waals surface area contributed by atoms with Crippen LogP contribution < -0.4 is 0 Å². The molecule has 8 heteroatoms. The van der Waals surface area contributed by atoms with Gasteiger partial charge in [0.1, 0.15) is 0 Å². The fourth-order valence-corrected chi connectivity index (χ4v) is 5.55. The van der Waals surface area contributed by atoms with Gasteiger partial charge in [-0.1, -0.05) is 41.9 Å². The fraction of sp³-hybridized carbons (Fsp3) is 0.414. The Morgan fingerprint density at radius 3 is 2.24 bits per heavy atom. The summed E-state index contributed by atoms with van der Waals surface area (Å²) in [7, 11) is 0. The normalized spacial score (nSPS) is 18.4. The molecule has 1 aromatic heterocycles. The number of rotatable bonds is 5. The van der Waals surface area contributed by atoms with Gasteiger partial charge >= 0.3 is 6.09 Å². The predicted octanol–water partition coefficient (Wildman–Crippen LogP) is 5.88. The second kappa shape index (κ2) is 11.0. The smallest absolute Gasteiger partial charge is 0.410 e. The van der Waals surface area contributed by atoms with Crippen molar-refractivity contribution in [2.24, 2.45) is 0 Å². The molecule has 194 valence electrons. The molecule has 5 rings (SSSR count). The molecule has 37 heavy (non-hydrogen) atoms. The first-order valence-electron chi connectivity index (χ1n) is 13.0. The number of halogens is 1. The van der Waals surface area contributed by atoms with Crippen molar-refractivity contribution in [3.63, 3.8) is 0 Å². The number of aromatic nitrogens is 2. The molecule has 1 atom stereocenters.